The number of nitrogens with one attached hydrogen (secondary N) is 1. The van der Waals surface area contributed by atoms with Crippen molar-refractivity contribution in [3.05, 3.63) is 54.2 Å². The molecule has 1 atom stereocenters. The van der Waals surface area contributed by atoms with Crippen molar-refractivity contribution in [2.75, 3.05) is 26.7 Å². The van der Waals surface area contributed by atoms with Crippen molar-refractivity contribution in [1.82, 2.24) is 24.2 Å². The summed E-state index contributed by atoms with van der Waals surface area (Å²) >= 11 is 0. The van der Waals surface area contributed by atoms with Crippen LogP contribution < -0.4 is 0 Å². The van der Waals surface area contributed by atoms with E-state index in [1.54, 1.807) is 30.7 Å². The number of aromatic nitrogens is 3. The molecule has 4 rings (SSSR count). The van der Waals surface area contributed by atoms with Crippen LogP contribution in [0.5, 0.6) is 0 Å². The van der Waals surface area contributed by atoms with E-state index in [-0.39, 0.29) is 10.9 Å². The van der Waals surface area contributed by atoms with Crippen LogP contribution in [-0.2, 0) is 10.0 Å². The zero-order valence-electron chi connectivity index (χ0n) is 14.8. The smallest absolute Gasteiger partial charge is 0.245 e. The topological polar surface area (TPSA) is 82.2 Å². The highest BCUT2D eigenvalue weighted by Crippen LogP contribution is 2.29. The molecule has 0 aliphatic carbocycles. The molecule has 0 radical (unpaired) electrons. The second kappa shape index (κ2) is 6.46. The molecule has 1 N–H and O–H groups in total. The highest BCUT2D eigenvalue weighted by atomic mass is 32.2. The number of piperazine rings is 1. The van der Waals surface area contributed by atoms with Crippen molar-refractivity contribution >= 4 is 20.9 Å². The number of aryl methyl sites for hydroxylation is 1. The van der Waals surface area contributed by atoms with Gasteiger partial charge < -0.3 is 4.98 Å². The fourth-order valence-corrected chi connectivity index (χ4v) is 5.02. The lowest BCUT2D eigenvalue weighted by molar-refractivity contribution is 0.142. The maximum Gasteiger partial charge on any atom is 0.245 e. The molecule has 1 aliphatic rings. The highest BCUT2D eigenvalue weighted by molar-refractivity contribution is 7.89. The number of sulfonamides is 1. The van der Waals surface area contributed by atoms with Gasteiger partial charge in [0, 0.05) is 43.6 Å². The highest BCUT2D eigenvalue weighted by Gasteiger charge is 2.35. The first-order valence-electron chi connectivity index (χ1n) is 8.52. The molecule has 0 saturated carbocycles. The van der Waals surface area contributed by atoms with Crippen molar-refractivity contribution in [2.24, 2.45) is 0 Å². The van der Waals surface area contributed by atoms with Crippen LogP contribution in [0.15, 0.2) is 47.8 Å². The predicted octanol–water partition coefficient (Wildman–Crippen LogP) is 1.94. The molecule has 0 amide bonds. The van der Waals surface area contributed by atoms with E-state index in [2.05, 4.69) is 19.9 Å². The quantitative estimate of drug-likeness (QED) is 0.761. The molecule has 0 unspecified atom stereocenters. The van der Waals surface area contributed by atoms with Crippen LogP contribution in [0.25, 0.3) is 10.9 Å². The first kappa shape index (κ1) is 17.1. The molecule has 1 fully saturated rings. The summed E-state index contributed by atoms with van der Waals surface area (Å²) in [5, 5.41) is 0.836. The van der Waals surface area contributed by atoms with Crippen LogP contribution >= 0.6 is 0 Å². The molecule has 1 aromatic carbocycles. The van der Waals surface area contributed by atoms with Gasteiger partial charge in [-0.05, 0) is 31.7 Å². The number of H-pyrrole nitrogens is 1. The fraction of sp³-hybridized carbons (Fsp3) is 0.333. The minimum Gasteiger partial charge on any atom is -0.347 e. The molecular weight excluding hydrogens is 350 g/mol. The maximum atomic E-state index is 13.3. The van der Waals surface area contributed by atoms with Crippen molar-refractivity contribution in [2.45, 2.75) is 17.9 Å². The molecule has 136 valence electrons. The number of imidazole rings is 1. The van der Waals surface area contributed by atoms with E-state index < -0.39 is 10.0 Å². The SMILES string of the molecule is Cc1cnc2c(S(=O)(=O)N3CCN(C)[C@@H](c4ncc[nH]4)C3)cccc2c1. The van der Waals surface area contributed by atoms with Gasteiger partial charge in [0.15, 0.2) is 0 Å². The zero-order chi connectivity index (χ0) is 18.3. The van der Waals surface area contributed by atoms with Gasteiger partial charge in [-0.15, -0.1) is 0 Å². The molecule has 0 spiro atoms. The Morgan fingerprint density at radius 1 is 1.23 bits per heavy atom. The number of para-hydroxylation sites is 1. The number of hydrogen-bond donors (Lipinski definition) is 1. The molecule has 7 nitrogen and oxygen atoms in total. The summed E-state index contributed by atoms with van der Waals surface area (Å²) in [5.74, 6) is 0.777. The van der Waals surface area contributed by atoms with E-state index in [0.29, 0.717) is 25.2 Å². The lowest BCUT2D eigenvalue weighted by atomic mass is 10.2. The summed E-state index contributed by atoms with van der Waals surface area (Å²) in [6.45, 7) is 3.39. The van der Waals surface area contributed by atoms with E-state index in [1.807, 2.05) is 26.1 Å². The zero-order valence-corrected chi connectivity index (χ0v) is 15.6. The van der Waals surface area contributed by atoms with E-state index in [9.17, 15) is 8.42 Å². The van der Waals surface area contributed by atoms with Crippen LogP contribution in [-0.4, -0.2) is 59.3 Å². The average molecular weight is 371 g/mol. The minimum absolute atomic E-state index is 0.0984. The summed E-state index contributed by atoms with van der Waals surface area (Å²) in [4.78, 5) is 14.2. The van der Waals surface area contributed by atoms with E-state index in [0.717, 1.165) is 16.8 Å². The summed E-state index contributed by atoms with van der Waals surface area (Å²) in [6.07, 6.45) is 5.15. The van der Waals surface area contributed by atoms with E-state index in [4.69, 9.17) is 0 Å². The number of rotatable bonds is 3. The summed E-state index contributed by atoms with van der Waals surface area (Å²) in [7, 11) is -1.66. The fourth-order valence-electron chi connectivity index (χ4n) is 3.41. The van der Waals surface area contributed by atoms with Crippen LogP contribution in [0.1, 0.15) is 17.4 Å². The second-order valence-electron chi connectivity index (χ2n) is 6.67. The van der Waals surface area contributed by atoms with Gasteiger partial charge in [-0.2, -0.15) is 4.31 Å². The van der Waals surface area contributed by atoms with Crippen molar-refractivity contribution in [3.8, 4) is 0 Å². The Hall–Kier alpha value is -2.29. The van der Waals surface area contributed by atoms with Gasteiger partial charge >= 0.3 is 0 Å². The Morgan fingerprint density at radius 2 is 2.08 bits per heavy atom. The van der Waals surface area contributed by atoms with Gasteiger partial charge in [-0.25, -0.2) is 13.4 Å². The normalized spacial score (nSPS) is 19.8. The van der Waals surface area contributed by atoms with E-state index >= 15 is 0 Å². The molecule has 0 bridgehead atoms. The summed E-state index contributed by atoms with van der Waals surface area (Å²) in [5.41, 5.74) is 1.52. The Bertz CT molecular complexity index is 1030. The van der Waals surface area contributed by atoms with Gasteiger partial charge in [0.25, 0.3) is 0 Å². The number of pyridine rings is 1. The monoisotopic (exact) mass is 371 g/mol. The molecule has 3 heterocycles. The van der Waals surface area contributed by atoms with Crippen LogP contribution in [0.3, 0.4) is 0 Å². The summed E-state index contributed by atoms with van der Waals surface area (Å²) in [6, 6.07) is 7.16. The van der Waals surface area contributed by atoms with Crippen LogP contribution in [0.2, 0.25) is 0 Å². The van der Waals surface area contributed by atoms with Gasteiger partial charge in [0.1, 0.15) is 10.7 Å². The van der Waals surface area contributed by atoms with Crippen LogP contribution in [0.4, 0.5) is 0 Å². The molecule has 2 aromatic heterocycles. The minimum atomic E-state index is -3.65. The molecule has 1 aliphatic heterocycles. The number of benzene rings is 1. The van der Waals surface area contributed by atoms with E-state index in [1.165, 1.54) is 4.31 Å². The Balaban J connectivity index is 1.73. The number of aromatic amines is 1. The third kappa shape index (κ3) is 2.90. The van der Waals surface area contributed by atoms with Crippen molar-refractivity contribution in [1.29, 1.82) is 0 Å². The van der Waals surface area contributed by atoms with Gasteiger partial charge in [0.05, 0.1) is 11.6 Å². The van der Waals surface area contributed by atoms with Crippen molar-refractivity contribution < 1.29 is 8.42 Å². The molecule has 1 saturated heterocycles. The lowest BCUT2D eigenvalue weighted by Crippen LogP contribution is -2.49. The molecule has 3 aromatic rings. The second-order valence-corrected chi connectivity index (χ2v) is 8.58. The first-order chi connectivity index (χ1) is 12.5. The Kier molecular flexibility index (Phi) is 4.26. The number of nitrogens with zero attached hydrogens (tertiary/aromatic N) is 4. The lowest BCUT2D eigenvalue weighted by Gasteiger charge is -2.37. The number of likely N-dealkylation sites (N-methyl/N-ethyl adjacent to an activating group) is 1. The Labute approximate surface area is 152 Å². The maximum absolute atomic E-state index is 13.3. The van der Waals surface area contributed by atoms with Gasteiger partial charge in [-0.1, -0.05) is 12.1 Å². The van der Waals surface area contributed by atoms with Gasteiger partial charge in [-0.3, -0.25) is 9.88 Å². The number of hydrogen-bond acceptors (Lipinski definition) is 5. The number of fused-ring (bicyclic) bond motifs is 1. The molecule has 26 heavy (non-hydrogen) atoms. The molecule has 8 heteroatoms. The van der Waals surface area contributed by atoms with Gasteiger partial charge in [0.2, 0.25) is 10.0 Å². The molecular formula is C18H21N5O2S. The standard InChI is InChI=1S/C18H21N5O2S/c1-13-10-14-4-3-5-16(17(14)21-11-13)26(24,25)23-9-8-22(2)15(12-23)18-19-6-7-20-18/h3-7,10-11,15H,8-9,12H2,1-2H3,(H,19,20)/t15-/m1/s1. The average Bonchev–Trinajstić information content (AvgIpc) is 3.15. The first-order valence-corrected chi connectivity index (χ1v) is 9.96. The Morgan fingerprint density at radius 3 is 2.85 bits per heavy atom. The third-order valence-electron chi connectivity index (χ3n) is 4.87. The summed E-state index contributed by atoms with van der Waals surface area (Å²) < 4.78 is 28.2. The van der Waals surface area contributed by atoms with Crippen molar-refractivity contribution in [3.63, 3.8) is 0 Å². The van der Waals surface area contributed by atoms with Crippen LogP contribution in [0, 0.1) is 6.92 Å². The largest absolute Gasteiger partial charge is 0.347 e. The third-order valence-corrected chi connectivity index (χ3v) is 6.77. The predicted molar refractivity (Wildman–Crippen MR) is 99.2 cm³/mol.